The average molecular weight is 481 g/mol. The van der Waals surface area contributed by atoms with Crippen molar-refractivity contribution in [2.24, 2.45) is 0 Å². The highest BCUT2D eigenvalue weighted by Gasteiger charge is 2.45. The molecule has 4 rings (SSSR count). The number of hydrogen-bond acceptors (Lipinski definition) is 7. The number of carbonyl (C=O) groups excluding carboxylic acids is 2. The first-order chi connectivity index (χ1) is 16.9. The number of nitrogens with zero attached hydrogens (tertiary/aromatic N) is 2. The molecule has 0 bridgehead atoms. The van der Waals surface area contributed by atoms with Crippen LogP contribution in [0.15, 0.2) is 48.0 Å². The Balaban J connectivity index is 1.74. The molecule has 8 nitrogen and oxygen atoms in total. The number of carbonyl (C=O) groups is 2. The van der Waals surface area contributed by atoms with Crippen molar-refractivity contribution in [1.29, 1.82) is 0 Å². The SMILES string of the molecule is CCCOc1ccc([C@@H]2C(=C(O)c3ccc4c(c3)OCCO4)C(=O)C(=O)N2CCCN(C)C)cc1. The number of aliphatic hydroxyl groups excluding tert-OH is 1. The highest BCUT2D eigenvalue weighted by Crippen LogP contribution is 2.41. The van der Waals surface area contributed by atoms with Crippen molar-refractivity contribution in [3.05, 3.63) is 59.2 Å². The number of benzene rings is 2. The van der Waals surface area contributed by atoms with Gasteiger partial charge in [-0.15, -0.1) is 0 Å². The summed E-state index contributed by atoms with van der Waals surface area (Å²) in [5.41, 5.74) is 1.20. The Kier molecular flexibility index (Phi) is 7.60. The van der Waals surface area contributed by atoms with Gasteiger partial charge in [-0.3, -0.25) is 9.59 Å². The van der Waals surface area contributed by atoms with Gasteiger partial charge in [0.15, 0.2) is 11.5 Å². The highest BCUT2D eigenvalue weighted by molar-refractivity contribution is 6.46. The molecule has 2 aromatic rings. The molecule has 8 heteroatoms. The smallest absolute Gasteiger partial charge is 0.295 e. The monoisotopic (exact) mass is 480 g/mol. The van der Waals surface area contributed by atoms with Gasteiger partial charge >= 0.3 is 0 Å². The molecule has 2 aliphatic rings. The van der Waals surface area contributed by atoms with E-state index in [0.29, 0.717) is 55.6 Å². The Morgan fingerprint density at radius 3 is 2.49 bits per heavy atom. The van der Waals surface area contributed by atoms with Crippen molar-refractivity contribution in [3.8, 4) is 17.2 Å². The fourth-order valence-electron chi connectivity index (χ4n) is 4.33. The van der Waals surface area contributed by atoms with Gasteiger partial charge in [-0.1, -0.05) is 19.1 Å². The summed E-state index contributed by atoms with van der Waals surface area (Å²) in [5, 5.41) is 11.3. The van der Waals surface area contributed by atoms with Crippen LogP contribution < -0.4 is 14.2 Å². The van der Waals surface area contributed by atoms with E-state index in [4.69, 9.17) is 14.2 Å². The summed E-state index contributed by atoms with van der Waals surface area (Å²) in [6.45, 7) is 4.65. The molecule has 35 heavy (non-hydrogen) atoms. The molecule has 1 amide bonds. The van der Waals surface area contributed by atoms with E-state index < -0.39 is 17.7 Å². The first kappa shape index (κ1) is 24.6. The minimum absolute atomic E-state index is 0.0683. The molecule has 2 aliphatic heterocycles. The normalized spacial score (nSPS) is 18.9. The van der Waals surface area contributed by atoms with Crippen LogP contribution in [-0.4, -0.2) is 73.6 Å². The van der Waals surface area contributed by atoms with Gasteiger partial charge in [-0.2, -0.15) is 0 Å². The molecule has 0 saturated carbocycles. The van der Waals surface area contributed by atoms with Gasteiger partial charge in [0.25, 0.3) is 11.7 Å². The molecular weight excluding hydrogens is 448 g/mol. The van der Waals surface area contributed by atoms with Crippen LogP contribution in [0.4, 0.5) is 0 Å². The van der Waals surface area contributed by atoms with Crippen LogP contribution in [0.3, 0.4) is 0 Å². The number of amides is 1. The zero-order valence-corrected chi connectivity index (χ0v) is 20.5. The standard InChI is InChI=1S/C27H32N2O6/c1-4-14-33-20-9-6-18(7-10-20)24-23(26(31)27(32)29(24)13-5-12-28(2)3)25(30)19-8-11-21-22(17-19)35-16-15-34-21/h6-11,17,24,30H,4-5,12-16H2,1-3H3/t24-/m1/s1. The fourth-order valence-corrected chi connectivity index (χ4v) is 4.33. The van der Waals surface area contributed by atoms with Crippen LogP contribution in [-0.2, 0) is 9.59 Å². The van der Waals surface area contributed by atoms with Gasteiger partial charge in [0.05, 0.1) is 18.2 Å². The second-order valence-corrected chi connectivity index (χ2v) is 8.93. The van der Waals surface area contributed by atoms with Gasteiger partial charge < -0.3 is 29.1 Å². The second-order valence-electron chi connectivity index (χ2n) is 8.93. The Labute approximate surface area is 205 Å². The van der Waals surface area contributed by atoms with Gasteiger partial charge in [-0.25, -0.2) is 0 Å². The molecule has 1 N–H and O–H groups in total. The lowest BCUT2D eigenvalue weighted by atomic mass is 9.95. The molecule has 1 saturated heterocycles. The lowest BCUT2D eigenvalue weighted by molar-refractivity contribution is -0.139. The summed E-state index contributed by atoms with van der Waals surface area (Å²) in [5.74, 6) is 0.252. The van der Waals surface area contributed by atoms with Gasteiger partial charge in [0, 0.05) is 12.1 Å². The Bertz CT molecular complexity index is 1110. The lowest BCUT2D eigenvalue weighted by Gasteiger charge is -2.26. The number of ketones is 1. The van der Waals surface area contributed by atoms with Gasteiger partial charge in [0.2, 0.25) is 0 Å². The van der Waals surface area contributed by atoms with Crippen LogP contribution >= 0.6 is 0 Å². The molecule has 0 spiro atoms. The quantitative estimate of drug-likeness (QED) is 0.333. The number of rotatable bonds is 9. The number of ether oxygens (including phenoxy) is 3. The number of aliphatic hydroxyl groups is 1. The van der Waals surface area contributed by atoms with Crippen LogP contribution in [0.2, 0.25) is 0 Å². The molecule has 0 radical (unpaired) electrons. The summed E-state index contributed by atoms with van der Waals surface area (Å²) < 4.78 is 16.9. The molecule has 0 aliphatic carbocycles. The van der Waals surface area contributed by atoms with E-state index in [0.717, 1.165) is 18.5 Å². The first-order valence-corrected chi connectivity index (χ1v) is 12.0. The number of fused-ring (bicyclic) bond motifs is 1. The maximum absolute atomic E-state index is 13.2. The predicted octanol–water partition coefficient (Wildman–Crippen LogP) is 3.62. The molecule has 2 heterocycles. The summed E-state index contributed by atoms with van der Waals surface area (Å²) in [6, 6.07) is 11.7. The van der Waals surface area contributed by atoms with Crippen molar-refractivity contribution >= 4 is 17.4 Å². The van der Waals surface area contributed by atoms with E-state index in [2.05, 4.69) is 0 Å². The largest absolute Gasteiger partial charge is 0.507 e. The van der Waals surface area contributed by atoms with Crippen LogP contribution in [0.1, 0.15) is 36.9 Å². The zero-order chi connectivity index (χ0) is 24.9. The van der Waals surface area contributed by atoms with Crippen molar-refractivity contribution in [2.75, 3.05) is 47.0 Å². The van der Waals surface area contributed by atoms with E-state index in [-0.39, 0.29) is 11.3 Å². The van der Waals surface area contributed by atoms with E-state index in [1.165, 1.54) is 0 Å². The van der Waals surface area contributed by atoms with Crippen molar-refractivity contribution in [1.82, 2.24) is 9.80 Å². The molecule has 1 fully saturated rings. The van der Waals surface area contributed by atoms with E-state index in [1.807, 2.05) is 50.2 Å². The van der Waals surface area contributed by atoms with Crippen LogP contribution in [0, 0.1) is 0 Å². The second kappa shape index (κ2) is 10.8. The predicted molar refractivity (Wildman–Crippen MR) is 132 cm³/mol. The Morgan fingerprint density at radius 2 is 1.80 bits per heavy atom. The number of hydrogen-bond donors (Lipinski definition) is 1. The minimum atomic E-state index is -0.703. The minimum Gasteiger partial charge on any atom is -0.507 e. The molecule has 0 unspecified atom stereocenters. The van der Waals surface area contributed by atoms with Gasteiger partial charge in [-0.05, 0) is 69.4 Å². The number of likely N-dealkylation sites (tertiary alicyclic amines) is 1. The van der Waals surface area contributed by atoms with Crippen molar-refractivity contribution < 1.29 is 28.9 Å². The summed E-state index contributed by atoms with van der Waals surface area (Å²) in [6.07, 6.45) is 1.58. The van der Waals surface area contributed by atoms with E-state index in [1.54, 1.807) is 23.1 Å². The maximum atomic E-state index is 13.2. The topological polar surface area (TPSA) is 88.5 Å². The molecular formula is C27H32N2O6. The first-order valence-electron chi connectivity index (χ1n) is 12.0. The van der Waals surface area contributed by atoms with E-state index in [9.17, 15) is 14.7 Å². The third kappa shape index (κ3) is 5.27. The Morgan fingerprint density at radius 1 is 1.09 bits per heavy atom. The molecule has 2 aromatic carbocycles. The van der Waals surface area contributed by atoms with E-state index >= 15 is 0 Å². The highest BCUT2D eigenvalue weighted by atomic mass is 16.6. The third-order valence-corrected chi connectivity index (χ3v) is 6.03. The Hall–Kier alpha value is -3.52. The maximum Gasteiger partial charge on any atom is 0.295 e. The summed E-state index contributed by atoms with van der Waals surface area (Å²) in [4.78, 5) is 29.9. The van der Waals surface area contributed by atoms with Crippen molar-refractivity contribution in [2.45, 2.75) is 25.8 Å². The summed E-state index contributed by atoms with van der Waals surface area (Å²) in [7, 11) is 3.92. The van der Waals surface area contributed by atoms with Crippen LogP contribution in [0.5, 0.6) is 17.2 Å². The number of Topliss-reactive ketones (excluding diaryl/α,β-unsaturated/α-hetero) is 1. The van der Waals surface area contributed by atoms with Crippen molar-refractivity contribution in [3.63, 3.8) is 0 Å². The molecule has 1 atom stereocenters. The molecule has 0 aromatic heterocycles. The zero-order valence-electron chi connectivity index (χ0n) is 20.5. The average Bonchev–Trinajstić information content (AvgIpc) is 3.12. The summed E-state index contributed by atoms with van der Waals surface area (Å²) >= 11 is 0. The lowest BCUT2D eigenvalue weighted by Crippen LogP contribution is -2.32. The molecule has 186 valence electrons. The fraction of sp³-hybridized carbons (Fsp3) is 0.407. The third-order valence-electron chi connectivity index (χ3n) is 6.03. The van der Waals surface area contributed by atoms with Gasteiger partial charge in [0.1, 0.15) is 24.7 Å². The van der Waals surface area contributed by atoms with Crippen LogP contribution in [0.25, 0.3) is 5.76 Å².